The molecule has 0 saturated heterocycles. The van der Waals surface area contributed by atoms with Gasteiger partial charge in [0.05, 0.1) is 5.02 Å². The Bertz CT molecular complexity index is 611. The van der Waals surface area contributed by atoms with Gasteiger partial charge in [-0.15, -0.1) is 0 Å². The molecule has 0 radical (unpaired) electrons. The monoisotopic (exact) mass is 295 g/mol. The lowest BCUT2D eigenvalue weighted by Crippen LogP contribution is -2.22. The van der Waals surface area contributed by atoms with E-state index in [2.05, 4.69) is 5.32 Å². The molecule has 0 saturated carbocycles. The molecule has 0 aliphatic rings. The van der Waals surface area contributed by atoms with Crippen LogP contribution in [0.1, 0.15) is 19.4 Å². The SMILES string of the molecule is CC(C)NCc1ccc(-c2ccc(F)c(Cl)c2)cc1F. The molecule has 2 aromatic carbocycles. The van der Waals surface area contributed by atoms with Crippen LogP contribution in [0.2, 0.25) is 5.02 Å². The van der Waals surface area contributed by atoms with Crippen LogP contribution in [0.25, 0.3) is 11.1 Å². The van der Waals surface area contributed by atoms with E-state index in [1.54, 1.807) is 12.1 Å². The molecule has 2 aromatic rings. The first-order chi connectivity index (χ1) is 9.47. The Morgan fingerprint density at radius 3 is 2.25 bits per heavy atom. The minimum Gasteiger partial charge on any atom is -0.310 e. The molecule has 20 heavy (non-hydrogen) atoms. The summed E-state index contributed by atoms with van der Waals surface area (Å²) in [7, 11) is 0. The van der Waals surface area contributed by atoms with Crippen molar-refractivity contribution in [2.75, 3.05) is 0 Å². The highest BCUT2D eigenvalue weighted by Gasteiger charge is 2.07. The molecular weight excluding hydrogens is 280 g/mol. The standard InChI is InChI=1S/C16H16ClF2N/c1-10(2)20-9-13-4-3-12(8-16(13)19)11-5-6-15(18)14(17)7-11/h3-8,10,20H,9H2,1-2H3. The second-order valence-electron chi connectivity index (χ2n) is 4.97. The lowest BCUT2D eigenvalue weighted by Gasteiger charge is -2.10. The van der Waals surface area contributed by atoms with Crippen molar-refractivity contribution >= 4 is 11.6 Å². The summed E-state index contributed by atoms with van der Waals surface area (Å²) < 4.78 is 27.1. The van der Waals surface area contributed by atoms with Gasteiger partial charge in [-0.2, -0.15) is 0 Å². The highest BCUT2D eigenvalue weighted by Crippen LogP contribution is 2.26. The van der Waals surface area contributed by atoms with Crippen LogP contribution in [0, 0.1) is 11.6 Å². The molecule has 0 amide bonds. The molecule has 1 N–H and O–H groups in total. The van der Waals surface area contributed by atoms with Crippen LogP contribution in [0.5, 0.6) is 0 Å². The normalized spacial score (nSPS) is 11.1. The Labute approximate surface area is 122 Å². The fourth-order valence-electron chi connectivity index (χ4n) is 1.86. The quantitative estimate of drug-likeness (QED) is 0.855. The van der Waals surface area contributed by atoms with Gasteiger partial charge in [-0.25, -0.2) is 8.78 Å². The van der Waals surface area contributed by atoms with E-state index in [1.165, 1.54) is 18.2 Å². The summed E-state index contributed by atoms with van der Waals surface area (Å²) in [5.41, 5.74) is 1.98. The predicted octanol–water partition coefficient (Wildman–Crippen LogP) is 4.78. The lowest BCUT2D eigenvalue weighted by molar-refractivity contribution is 0.553. The third kappa shape index (κ3) is 3.56. The Kier molecular flexibility index (Phi) is 4.73. The van der Waals surface area contributed by atoms with E-state index < -0.39 is 5.82 Å². The summed E-state index contributed by atoms with van der Waals surface area (Å²) in [4.78, 5) is 0. The van der Waals surface area contributed by atoms with Crippen molar-refractivity contribution in [2.45, 2.75) is 26.4 Å². The Balaban J connectivity index is 2.26. The molecule has 0 heterocycles. The van der Waals surface area contributed by atoms with Gasteiger partial charge in [0.2, 0.25) is 0 Å². The van der Waals surface area contributed by atoms with Crippen LogP contribution >= 0.6 is 11.6 Å². The zero-order valence-electron chi connectivity index (χ0n) is 11.4. The smallest absolute Gasteiger partial charge is 0.141 e. The zero-order valence-corrected chi connectivity index (χ0v) is 12.1. The third-order valence-electron chi connectivity index (χ3n) is 3.01. The summed E-state index contributed by atoms with van der Waals surface area (Å²) in [5, 5.41) is 3.20. The van der Waals surface area contributed by atoms with E-state index in [4.69, 9.17) is 11.6 Å². The van der Waals surface area contributed by atoms with Crippen molar-refractivity contribution < 1.29 is 8.78 Å². The van der Waals surface area contributed by atoms with Gasteiger partial charge in [-0.1, -0.05) is 43.6 Å². The van der Waals surface area contributed by atoms with Gasteiger partial charge in [-0.3, -0.25) is 0 Å². The molecule has 0 unspecified atom stereocenters. The van der Waals surface area contributed by atoms with Crippen molar-refractivity contribution in [3.05, 3.63) is 58.6 Å². The number of hydrogen-bond donors (Lipinski definition) is 1. The minimum absolute atomic E-state index is 0.0356. The predicted molar refractivity (Wildman–Crippen MR) is 78.8 cm³/mol. The Hall–Kier alpha value is -1.45. The van der Waals surface area contributed by atoms with Crippen LogP contribution in [0.3, 0.4) is 0 Å². The van der Waals surface area contributed by atoms with Crippen LogP contribution in [-0.2, 0) is 6.54 Å². The minimum atomic E-state index is -0.478. The summed E-state index contributed by atoms with van der Waals surface area (Å²) in [6, 6.07) is 9.65. The number of hydrogen-bond acceptors (Lipinski definition) is 1. The average molecular weight is 296 g/mol. The van der Waals surface area contributed by atoms with Gasteiger partial charge >= 0.3 is 0 Å². The third-order valence-corrected chi connectivity index (χ3v) is 3.30. The number of halogens is 3. The first-order valence-corrected chi connectivity index (χ1v) is 6.82. The molecule has 0 fully saturated rings. The molecule has 0 spiro atoms. The first kappa shape index (κ1) is 14.9. The summed E-state index contributed by atoms with van der Waals surface area (Å²) in [5.74, 6) is -0.760. The van der Waals surface area contributed by atoms with E-state index >= 15 is 0 Å². The van der Waals surface area contributed by atoms with Gasteiger partial charge in [0.25, 0.3) is 0 Å². The molecule has 106 valence electrons. The molecule has 0 atom stereocenters. The van der Waals surface area contributed by atoms with Crippen LogP contribution < -0.4 is 5.32 Å². The first-order valence-electron chi connectivity index (χ1n) is 6.44. The van der Waals surface area contributed by atoms with E-state index in [1.807, 2.05) is 19.9 Å². The van der Waals surface area contributed by atoms with Gasteiger partial charge in [0.15, 0.2) is 0 Å². The maximum atomic E-state index is 14.0. The van der Waals surface area contributed by atoms with Gasteiger partial charge in [0.1, 0.15) is 11.6 Å². The zero-order chi connectivity index (χ0) is 14.7. The van der Waals surface area contributed by atoms with Crippen LogP contribution in [0.4, 0.5) is 8.78 Å². The van der Waals surface area contributed by atoms with E-state index in [-0.39, 0.29) is 10.8 Å². The van der Waals surface area contributed by atoms with Crippen molar-refractivity contribution in [1.82, 2.24) is 5.32 Å². The van der Waals surface area contributed by atoms with Crippen LogP contribution in [0.15, 0.2) is 36.4 Å². The van der Waals surface area contributed by atoms with E-state index in [9.17, 15) is 8.78 Å². The summed E-state index contributed by atoms with van der Waals surface area (Å²) in [6.45, 7) is 4.49. The van der Waals surface area contributed by atoms with Crippen LogP contribution in [-0.4, -0.2) is 6.04 Å². The largest absolute Gasteiger partial charge is 0.310 e. The number of benzene rings is 2. The van der Waals surface area contributed by atoms with E-state index in [0.717, 1.165) is 0 Å². The fraction of sp³-hybridized carbons (Fsp3) is 0.250. The molecule has 0 aliphatic heterocycles. The van der Waals surface area contributed by atoms with Gasteiger partial charge in [-0.05, 0) is 29.3 Å². The second kappa shape index (κ2) is 6.33. The molecule has 0 aliphatic carbocycles. The molecule has 0 bridgehead atoms. The Morgan fingerprint density at radius 2 is 1.65 bits per heavy atom. The van der Waals surface area contributed by atoms with Crippen molar-refractivity contribution in [3.63, 3.8) is 0 Å². The summed E-state index contributed by atoms with van der Waals surface area (Å²) >= 11 is 5.74. The highest BCUT2D eigenvalue weighted by atomic mass is 35.5. The molecule has 0 aromatic heterocycles. The van der Waals surface area contributed by atoms with Crippen molar-refractivity contribution in [2.24, 2.45) is 0 Å². The van der Waals surface area contributed by atoms with Gasteiger partial charge in [0, 0.05) is 18.2 Å². The summed E-state index contributed by atoms with van der Waals surface area (Å²) in [6.07, 6.45) is 0. The van der Waals surface area contributed by atoms with Gasteiger partial charge < -0.3 is 5.32 Å². The molecule has 2 rings (SSSR count). The van der Waals surface area contributed by atoms with E-state index in [0.29, 0.717) is 29.3 Å². The lowest BCUT2D eigenvalue weighted by atomic mass is 10.0. The maximum absolute atomic E-state index is 14.0. The fourth-order valence-corrected chi connectivity index (χ4v) is 2.04. The molecule has 1 nitrogen and oxygen atoms in total. The van der Waals surface area contributed by atoms with Crippen molar-refractivity contribution in [1.29, 1.82) is 0 Å². The number of rotatable bonds is 4. The highest BCUT2D eigenvalue weighted by molar-refractivity contribution is 6.31. The van der Waals surface area contributed by atoms with Crippen molar-refractivity contribution in [3.8, 4) is 11.1 Å². The Morgan fingerprint density at radius 1 is 1.00 bits per heavy atom. The maximum Gasteiger partial charge on any atom is 0.141 e. The number of nitrogens with one attached hydrogen (secondary N) is 1. The molecular formula is C16H16ClF2N. The average Bonchev–Trinajstić information content (AvgIpc) is 2.40. The molecule has 4 heteroatoms. The second-order valence-corrected chi connectivity index (χ2v) is 5.38. The topological polar surface area (TPSA) is 12.0 Å².